The molecular formula is C12H16FN5O2S. The van der Waals surface area contributed by atoms with Gasteiger partial charge in [-0.1, -0.05) is 18.2 Å². The molecule has 2 aromatic rings. The molecule has 9 heteroatoms. The third-order valence-corrected chi connectivity index (χ3v) is 3.61. The Morgan fingerprint density at radius 2 is 2.05 bits per heavy atom. The van der Waals surface area contributed by atoms with Crippen LogP contribution >= 0.6 is 0 Å². The van der Waals surface area contributed by atoms with Crippen LogP contribution in [-0.4, -0.2) is 40.9 Å². The van der Waals surface area contributed by atoms with Crippen LogP contribution in [0.3, 0.4) is 0 Å². The molecule has 0 bridgehead atoms. The van der Waals surface area contributed by atoms with Crippen molar-refractivity contribution in [1.29, 1.82) is 0 Å². The molecular weight excluding hydrogens is 297 g/mol. The van der Waals surface area contributed by atoms with Gasteiger partial charge in [0.25, 0.3) is 0 Å². The van der Waals surface area contributed by atoms with Crippen LogP contribution in [0.25, 0.3) is 0 Å². The van der Waals surface area contributed by atoms with E-state index in [1.807, 2.05) is 31.2 Å². The van der Waals surface area contributed by atoms with Gasteiger partial charge in [0, 0.05) is 12.2 Å². The van der Waals surface area contributed by atoms with Gasteiger partial charge in [-0.2, -0.15) is 13.2 Å². The molecule has 7 nitrogen and oxygen atoms in total. The van der Waals surface area contributed by atoms with Crippen molar-refractivity contribution in [3.63, 3.8) is 0 Å². The van der Waals surface area contributed by atoms with Gasteiger partial charge in [0.05, 0.1) is 19.3 Å². The smallest absolute Gasteiger partial charge is 0.304 e. The molecule has 0 fully saturated rings. The molecule has 1 aromatic carbocycles. The molecule has 0 N–H and O–H groups in total. The molecule has 1 aromatic heterocycles. The second kappa shape index (κ2) is 6.17. The number of para-hydroxylation sites is 1. The third-order valence-electron chi connectivity index (χ3n) is 2.94. The van der Waals surface area contributed by atoms with E-state index in [0.717, 1.165) is 11.3 Å². The van der Waals surface area contributed by atoms with Crippen molar-refractivity contribution in [1.82, 2.24) is 20.2 Å². The number of tetrazole rings is 1. The Balaban J connectivity index is 2.23. The first kappa shape index (κ1) is 15.4. The molecule has 0 atom stereocenters. The van der Waals surface area contributed by atoms with Gasteiger partial charge >= 0.3 is 10.2 Å². The molecule has 0 unspecified atom stereocenters. The summed E-state index contributed by atoms with van der Waals surface area (Å²) in [6, 6.07) is 7.46. The predicted molar refractivity (Wildman–Crippen MR) is 75.9 cm³/mol. The van der Waals surface area contributed by atoms with Gasteiger partial charge in [0.15, 0.2) is 5.82 Å². The largest absolute Gasteiger partial charge is 0.362 e. The number of hydrogen-bond acceptors (Lipinski definition) is 6. The minimum atomic E-state index is -4.53. The molecule has 0 amide bonds. The Morgan fingerprint density at radius 3 is 2.62 bits per heavy atom. The van der Waals surface area contributed by atoms with E-state index in [9.17, 15) is 12.3 Å². The summed E-state index contributed by atoms with van der Waals surface area (Å²) < 4.78 is 34.3. The van der Waals surface area contributed by atoms with Crippen molar-refractivity contribution in [3.8, 4) is 0 Å². The van der Waals surface area contributed by atoms with Crippen LogP contribution in [0.1, 0.15) is 11.4 Å². The lowest BCUT2D eigenvalue weighted by atomic mass is 10.2. The maximum atomic E-state index is 12.8. The van der Waals surface area contributed by atoms with Crippen molar-refractivity contribution >= 4 is 15.9 Å². The summed E-state index contributed by atoms with van der Waals surface area (Å²) in [6.45, 7) is 2.17. The SMILES string of the molecule is Cc1ccccc1N(CCS(=O)(=O)F)Cc1nnn(C)n1. The van der Waals surface area contributed by atoms with Crippen LogP contribution < -0.4 is 4.90 Å². The first-order valence-corrected chi connectivity index (χ1v) is 7.86. The number of aryl methyl sites for hydroxylation is 2. The number of aromatic nitrogens is 4. The molecule has 0 aliphatic rings. The summed E-state index contributed by atoms with van der Waals surface area (Å²) in [5.41, 5.74) is 1.77. The summed E-state index contributed by atoms with van der Waals surface area (Å²) in [7, 11) is -2.89. The fourth-order valence-corrected chi connectivity index (χ4v) is 2.42. The van der Waals surface area contributed by atoms with E-state index >= 15 is 0 Å². The van der Waals surface area contributed by atoms with Crippen LogP contribution in [0.15, 0.2) is 24.3 Å². The second-order valence-electron chi connectivity index (χ2n) is 4.65. The Kier molecular flexibility index (Phi) is 4.51. The molecule has 0 saturated carbocycles. The highest BCUT2D eigenvalue weighted by atomic mass is 32.3. The van der Waals surface area contributed by atoms with Gasteiger partial charge in [-0.15, -0.1) is 14.1 Å². The van der Waals surface area contributed by atoms with E-state index in [0.29, 0.717) is 5.82 Å². The van der Waals surface area contributed by atoms with Gasteiger partial charge in [0.1, 0.15) is 0 Å². The van der Waals surface area contributed by atoms with Crippen molar-refractivity contribution in [2.24, 2.45) is 7.05 Å². The molecule has 0 spiro atoms. The highest BCUT2D eigenvalue weighted by Crippen LogP contribution is 2.20. The fraction of sp³-hybridized carbons (Fsp3) is 0.417. The molecule has 21 heavy (non-hydrogen) atoms. The Labute approximate surface area is 122 Å². The van der Waals surface area contributed by atoms with Gasteiger partial charge < -0.3 is 4.90 Å². The topological polar surface area (TPSA) is 81.0 Å². The van der Waals surface area contributed by atoms with E-state index in [2.05, 4.69) is 15.4 Å². The lowest BCUT2D eigenvalue weighted by Gasteiger charge is -2.24. The quantitative estimate of drug-likeness (QED) is 0.735. The summed E-state index contributed by atoms with van der Waals surface area (Å²) in [5.74, 6) is -0.140. The highest BCUT2D eigenvalue weighted by molar-refractivity contribution is 7.86. The lowest BCUT2D eigenvalue weighted by molar-refractivity contribution is 0.550. The zero-order chi connectivity index (χ0) is 15.5. The molecule has 0 radical (unpaired) electrons. The first-order chi connectivity index (χ1) is 9.85. The van der Waals surface area contributed by atoms with E-state index in [-0.39, 0.29) is 13.1 Å². The number of halogens is 1. The zero-order valence-corrected chi connectivity index (χ0v) is 12.6. The third kappa shape index (κ3) is 4.48. The molecule has 2 rings (SSSR count). The van der Waals surface area contributed by atoms with Crippen molar-refractivity contribution in [3.05, 3.63) is 35.7 Å². The van der Waals surface area contributed by atoms with Crippen LogP contribution in [0.5, 0.6) is 0 Å². The first-order valence-electron chi connectivity index (χ1n) is 6.31. The standard InChI is InChI=1S/C12H16FN5O2S/c1-10-5-3-4-6-11(10)18(7-8-21(13,19)20)9-12-14-16-17(2)15-12/h3-6H,7-9H2,1-2H3. The Hall–Kier alpha value is -2.03. The summed E-state index contributed by atoms with van der Waals surface area (Å²) in [5, 5.41) is 11.7. The minimum Gasteiger partial charge on any atom is -0.362 e. The van der Waals surface area contributed by atoms with E-state index < -0.39 is 16.0 Å². The monoisotopic (exact) mass is 313 g/mol. The lowest BCUT2D eigenvalue weighted by Crippen LogP contribution is -2.29. The zero-order valence-electron chi connectivity index (χ0n) is 11.8. The Morgan fingerprint density at radius 1 is 1.33 bits per heavy atom. The van der Waals surface area contributed by atoms with Gasteiger partial charge in [0.2, 0.25) is 0 Å². The summed E-state index contributed by atoms with van der Waals surface area (Å²) in [6.07, 6.45) is 0. The summed E-state index contributed by atoms with van der Waals surface area (Å²) >= 11 is 0. The van der Waals surface area contributed by atoms with Gasteiger partial charge in [-0.3, -0.25) is 0 Å². The van der Waals surface area contributed by atoms with Gasteiger partial charge in [-0.05, 0) is 23.8 Å². The normalized spacial score (nSPS) is 11.6. The number of hydrogen-bond donors (Lipinski definition) is 0. The van der Waals surface area contributed by atoms with Gasteiger partial charge in [-0.25, -0.2) is 0 Å². The maximum absolute atomic E-state index is 12.8. The maximum Gasteiger partial charge on any atom is 0.304 e. The van der Waals surface area contributed by atoms with Crippen LogP contribution in [-0.2, 0) is 23.8 Å². The summed E-state index contributed by atoms with van der Waals surface area (Å²) in [4.78, 5) is 3.04. The average molecular weight is 313 g/mol. The molecule has 0 aliphatic carbocycles. The number of anilines is 1. The van der Waals surface area contributed by atoms with Crippen molar-refractivity contribution < 1.29 is 12.3 Å². The van der Waals surface area contributed by atoms with E-state index in [4.69, 9.17) is 0 Å². The molecule has 0 saturated heterocycles. The van der Waals surface area contributed by atoms with Crippen LogP contribution in [0.2, 0.25) is 0 Å². The van der Waals surface area contributed by atoms with Crippen LogP contribution in [0, 0.1) is 6.92 Å². The second-order valence-corrected chi connectivity index (χ2v) is 6.13. The number of rotatable bonds is 6. The van der Waals surface area contributed by atoms with Crippen molar-refractivity contribution in [2.45, 2.75) is 13.5 Å². The van der Waals surface area contributed by atoms with Crippen molar-refractivity contribution in [2.75, 3.05) is 17.2 Å². The Bertz CT molecular complexity index is 716. The molecule has 0 aliphatic heterocycles. The number of nitrogens with zero attached hydrogens (tertiary/aromatic N) is 5. The molecule has 1 heterocycles. The molecule has 114 valence electrons. The fourth-order valence-electron chi connectivity index (χ4n) is 1.98. The number of benzene rings is 1. The predicted octanol–water partition coefficient (Wildman–Crippen LogP) is 0.824. The van der Waals surface area contributed by atoms with Crippen LogP contribution in [0.4, 0.5) is 9.57 Å². The average Bonchev–Trinajstić information content (AvgIpc) is 2.80. The van der Waals surface area contributed by atoms with E-state index in [1.165, 1.54) is 4.80 Å². The highest BCUT2D eigenvalue weighted by Gasteiger charge is 2.16. The van der Waals surface area contributed by atoms with E-state index in [1.54, 1.807) is 11.9 Å². The minimum absolute atomic E-state index is 0.0158.